The molecule has 0 aliphatic rings. The van der Waals surface area contributed by atoms with Gasteiger partial charge in [0.1, 0.15) is 11.5 Å². The number of nitrogens with one attached hydrogen (secondary N) is 1. The van der Waals surface area contributed by atoms with Gasteiger partial charge in [0.25, 0.3) is 11.7 Å². The number of benzene rings is 1. The lowest BCUT2D eigenvalue weighted by Crippen LogP contribution is -2.14. The van der Waals surface area contributed by atoms with E-state index in [-0.39, 0.29) is 5.82 Å². The van der Waals surface area contributed by atoms with Crippen molar-refractivity contribution in [1.29, 1.82) is 0 Å². The Morgan fingerprint density at radius 3 is 2.67 bits per heavy atom. The van der Waals surface area contributed by atoms with E-state index in [1.54, 1.807) is 18.3 Å². The van der Waals surface area contributed by atoms with E-state index in [1.807, 2.05) is 6.92 Å². The van der Waals surface area contributed by atoms with E-state index in [2.05, 4.69) is 20.4 Å². The first-order chi connectivity index (χ1) is 11.5. The SMILES string of the molecule is COc1cc(OC)c(NC(=O)c2nc3nccc(C)n3n2)cc1Cl. The predicted molar refractivity (Wildman–Crippen MR) is 88.0 cm³/mol. The number of amides is 1. The van der Waals surface area contributed by atoms with Crippen LogP contribution in [0.4, 0.5) is 5.69 Å². The van der Waals surface area contributed by atoms with Crippen molar-refractivity contribution in [2.45, 2.75) is 6.92 Å². The molecule has 1 amide bonds. The Labute approximate surface area is 142 Å². The largest absolute Gasteiger partial charge is 0.495 e. The minimum Gasteiger partial charge on any atom is -0.495 e. The van der Waals surface area contributed by atoms with Gasteiger partial charge in [-0.3, -0.25) is 4.79 Å². The Balaban J connectivity index is 1.94. The molecule has 124 valence electrons. The Morgan fingerprint density at radius 2 is 2.00 bits per heavy atom. The van der Waals surface area contributed by atoms with Crippen LogP contribution in [0, 0.1) is 6.92 Å². The summed E-state index contributed by atoms with van der Waals surface area (Å²) in [7, 11) is 2.98. The number of nitrogens with zero attached hydrogens (tertiary/aromatic N) is 4. The number of methoxy groups -OCH3 is 2. The van der Waals surface area contributed by atoms with Crippen molar-refractivity contribution in [3.05, 3.63) is 40.9 Å². The van der Waals surface area contributed by atoms with Gasteiger partial charge in [0.2, 0.25) is 5.82 Å². The molecule has 0 saturated carbocycles. The molecule has 0 saturated heterocycles. The first-order valence-electron chi connectivity index (χ1n) is 6.94. The number of ether oxygens (including phenoxy) is 2. The summed E-state index contributed by atoms with van der Waals surface area (Å²) in [5.41, 5.74) is 1.20. The number of fused-ring (bicyclic) bond motifs is 1. The third-order valence-corrected chi connectivity index (χ3v) is 3.65. The summed E-state index contributed by atoms with van der Waals surface area (Å²) in [6.45, 7) is 1.84. The summed E-state index contributed by atoms with van der Waals surface area (Å²) >= 11 is 6.10. The average Bonchev–Trinajstić information content (AvgIpc) is 3.01. The number of carbonyl (C=O) groups is 1. The van der Waals surface area contributed by atoms with Gasteiger partial charge in [-0.05, 0) is 19.1 Å². The third-order valence-electron chi connectivity index (χ3n) is 3.36. The Hall–Kier alpha value is -2.87. The Bertz CT molecular complexity index is 925. The van der Waals surface area contributed by atoms with Crippen LogP contribution >= 0.6 is 11.6 Å². The Morgan fingerprint density at radius 1 is 1.25 bits per heavy atom. The van der Waals surface area contributed by atoms with Crippen LogP contribution in [0.1, 0.15) is 16.3 Å². The van der Waals surface area contributed by atoms with Gasteiger partial charge < -0.3 is 14.8 Å². The smallest absolute Gasteiger partial charge is 0.295 e. The number of carbonyl (C=O) groups excluding carboxylic acids is 1. The topological polar surface area (TPSA) is 90.6 Å². The molecule has 2 aromatic heterocycles. The van der Waals surface area contributed by atoms with Gasteiger partial charge in [-0.2, -0.15) is 4.98 Å². The number of hydrogen-bond donors (Lipinski definition) is 1. The zero-order valence-electron chi connectivity index (χ0n) is 13.2. The van der Waals surface area contributed by atoms with Gasteiger partial charge in [-0.25, -0.2) is 9.50 Å². The molecule has 0 spiro atoms. The molecule has 0 fully saturated rings. The molecule has 0 bridgehead atoms. The van der Waals surface area contributed by atoms with E-state index in [9.17, 15) is 4.79 Å². The summed E-state index contributed by atoms with van der Waals surface area (Å²) in [5.74, 6) is 0.685. The number of anilines is 1. The van der Waals surface area contributed by atoms with Crippen molar-refractivity contribution in [1.82, 2.24) is 19.6 Å². The first-order valence-corrected chi connectivity index (χ1v) is 7.32. The Kier molecular flexibility index (Phi) is 4.22. The maximum Gasteiger partial charge on any atom is 0.295 e. The van der Waals surface area contributed by atoms with Crippen LogP contribution in [-0.4, -0.2) is 39.7 Å². The van der Waals surface area contributed by atoms with E-state index in [4.69, 9.17) is 21.1 Å². The molecule has 1 aromatic carbocycles. The van der Waals surface area contributed by atoms with Crippen molar-refractivity contribution >= 4 is 29.0 Å². The summed E-state index contributed by atoms with van der Waals surface area (Å²) in [5, 5.41) is 7.17. The maximum absolute atomic E-state index is 12.4. The van der Waals surface area contributed by atoms with Crippen molar-refractivity contribution in [3.63, 3.8) is 0 Å². The highest BCUT2D eigenvalue weighted by Crippen LogP contribution is 2.35. The van der Waals surface area contributed by atoms with Crippen molar-refractivity contribution < 1.29 is 14.3 Å². The molecule has 24 heavy (non-hydrogen) atoms. The van der Waals surface area contributed by atoms with Gasteiger partial charge in [-0.1, -0.05) is 11.6 Å². The molecular weight excluding hydrogens is 334 g/mol. The lowest BCUT2D eigenvalue weighted by atomic mass is 10.2. The minimum atomic E-state index is -0.501. The van der Waals surface area contributed by atoms with Gasteiger partial charge in [0.15, 0.2) is 0 Å². The predicted octanol–water partition coefficient (Wildman–Crippen LogP) is 2.36. The first kappa shape index (κ1) is 16.0. The molecule has 0 unspecified atom stereocenters. The highest BCUT2D eigenvalue weighted by Gasteiger charge is 2.18. The second-order valence-electron chi connectivity index (χ2n) is 4.87. The summed E-state index contributed by atoms with van der Waals surface area (Å²) in [6.07, 6.45) is 1.60. The quantitative estimate of drug-likeness (QED) is 0.779. The van der Waals surface area contributed by atoms with Crippen LogP contribution in [0.3, 0.4) is 0 Å². The number of halogens is 1. The molecule has 2 heterocycles. The number of aryl methyl sites for hydroxylation is 1. The molecule has 8 nitrogen and oxygen atoms in total. The van der Waals surface area contributed by atoms with E-state index in [0.29, 0.717) is 28.0 Å². The van der Waals surface area contributed by atoms with E-state index < -0.39 is 5.91 Å². The average molecular weight is 348 g/mol. The lowest BCUT2D eigenvalue weighted by molar-refractivity contribution is 0.101. The second-order valence-corrected chi connectivity index (χ2v) is 5.28. The molecule has 9 heteroatoms. The van der Waals surface area contributed by atoms with Gasteiger partial charge >= 0.3 is 0 Å². The summed E-state index contributed by atoms with van der Waals surface area (Å²) in [4.78, 5) is 20.6. The third kappa shape index (κ3) is 2.83. The fraction of sp³-hybridized carbons (Fsp3) is 0.200. The standard InChI is InChI=1S/C15H14ClN5O3/c1-8-4-5-17-15-19-13(20-21(8)15)14(22)18-10-6-9(16)11(23-2)7-12(10)24-3/h4-7H,1-3H3,(H,18,22). The number of hydrogen-bond acceptors (Lipinski definition) is 6. The second kappa shape index (κ2) is 6.32. The zero-order chi connectivity index (χ0) is 17.3. The van der Waals surface area contributed by atoms with E-state index >= 15 is 0 Å². The lowest BCUT2D eigenvalue weighted by Gasteiger charge is -2.12. The fourth-order valence-corrected chi connectivity index (χ4v) is 2.38. The fourth-order valence-electron chi connectivity index (χ4n) is 2.14. The van der Waals surface area contributed by atoms with E-state index in [1.165, 1.54) is 24.8 Å². The summed E-state index contributed by atoms with van der Waals surface area (Å²) in [6, 6.07) is 4.90. The molecule has 1 N–H and O–H groups in total. The monoisotopic (exact) mass is 347 g/mol. The molecule has 0 aliphatic carbocycles. The van der Waals surface area contributed by atoms with Crippen LogP contribution in [0.25, 0.3) is 5.78 Å². The van der Waals surface area contributed by atoms with Crippen molar-refractivity contribution in [2.75, 3.05) is 19.5 Å². The van der Waals surface area contributed by atoms with Crippen LogP contribution in [0.15, 0.2) is 24.4 Å². The molecule has 3 rings (SSSR count). The minimum absolute atomic E-state index is 0.00852. The highest BCUT2D eigenvalue weighted by molar-refractivity contribution is 6.32. The van der Waals surface area contributed by atoms with Gasteiger partial charge in [0.05, 0.1) is 24.9 Å². The molecule has 0 atom stereocenters. The van der Waals surface area contributed by atoms with Gasteiger partial charge in [-0.15, -0.1) is 5.10 Å². The number of aromatic nitrogens is 4. The molecule has 0 aliphatic heterocycles. The van der Waals surface area contributed by atoms with Crippen LogP contribution < -0.4 is 14.8 Å². The summed E-state index contributed by atoms with van der Waals surface area (Å²) < 4.78 is 11.9. The zero-order valence-corrected chi connectivity index (χ0v) is 14.0. The van der Waals surface area contributed by atoms with Crippen LogP contribution in [-0.2, 0) is 0 Å². The highest BCUT2D eigenvalue weighted by atomic mass is 35.5. The van der Waals surface area contributed by atoms with Gasteiger partial charge in [0, 0.05) is 18.0 Å². The maximum atomic E-state index is 12.4. The van der Waals surface area contributed by atoms with Crippen LogP contribution in [0.5, 0.6) is 11.5 Å². The van der Waals surface area contributed by atoms with Crippen LogP contribution in [0.2, 0.25) is 5.02 Å². The van der Waals surface area contributed by atoms with Crippen molar-refractivity contribution in [2.24, 2.45) is 0 Å². The number of rotatable bonds is 4. The molecular formula is C15H14ClN5O3. The molecule has 0 radical (unpaired) electrons. The normalized spacial score (nSPS) is 10.7. The molecule has 3 aromatic rings. The van der Waals surface area contributed by atoms with Crippen molar-refractivity contribution in [3.8, 4) is 11.5 Å². The van der Waals surface area contributed by atoms with E-state index in [0.717, 1.165) is 5.69 Å².